The number of rotatable bonds is 2. The highest BCUT2D eigenvalue weighted by Crippen LogP contribution is 2.39. The molecule has 0 spiro atoms. The summed E-state index contributed by atoms with van der Waals surface area (Å²) in [5, 5.41) is 1.34. The van der Waals surface area contributed by atoms with Crippen molar-refractivity contribution in [1.82, 2.24) is 4.98 Å². The van der Waals surface area contributed by atoms with Crippen molar-refractivity contribution in [3.63, 3.8) is 0 Å². The first-order valence-corrected chi connectivity index (χ1v) is 9.94. The molecule has 134 valence electrons. The Morgan fingerprint density at radius 2 is 1.65 bits per heavy atom. The van der Waals surface area contributed by atoms with Gasteiger partial charge >= 0.3 is 0 Å². The van der Waals surface area contributed by atoms with Gasteiger partial charge in [0.2, 0.25) is 0 Å². The lowest BCUT2D eigenvalue weighted by Gasteiger charge is -2.21. The van der Waals surface area contributed by atoms with E-state index in [1.807, 2.05) is 0 Å². The van der Waals surface area contributed by atoms with Crippen molar-refractivity contribution in [2.75, 3.05) is 0 Å². The molecule has 1 heteroatoms. The first-order valence-electron chi connectivity index (χ1n) is 9.94. The molecule has 1 nitrogen and oxygen atoms in total. The van der Waals surface area contributed by atoms with Gasteiger partial charge in [0.05, 0.1) is 11.2 Å². The van der Waals surface area contributed by atoms with Crippen LogP contribution in [0.2, 0.25) is 0 Å². The van der Waals surface area contributed by atoms with E-state index in [0.717, 1.165) is 11.2 Å². The average molecular weight is 344 g/mol. The second-order valence-electron chi connectivity index (χ2n) is 8.93. The molecule has 0 aliphatic heterocycles. The van der Waals surface area contributed by atoms with E-state index in [2.05, 4.69) is 76.2 Å². The first kappa shape index (κ1) is 17.3. The Kier molecular flexibility index (Phi) is 4.34. The summed E-state index contributed by atoms with van der Waals surface area (Å²) in [4.78, 5) is 5.04. The van der Waals surface area contributed by atoms with Gasteiger partial charge in [-0.3, -0.25) is 0 Å². The van der Waals surface area contributed by atoms with E-state index in [4.69, 9.17) is 4.98 Å². The topological polar surface area (TPSA) is 12.9 Å². The first-order chi connectivity index (χ1) is 12.4. The van der Waals surface area contributed by atoms with Crippen LogP contribution in [0.1, 0.15) is 69.1 Å². The third kappa shape index (κ3) is 3.28. The zero-order chi connectivity index (χ0) is 18.3. The van der Waals surface area contributed by atoms with Crippen molar-refractivity contribution in [3.05, 3.63) is 65.2 Å². The molecule has 3 aromatic rings. The van der Waals surface area contributed by atoms with E-state index in [0.29, 0.717) is 5.92 Å². The maximum absolute atomic E-state index is 5.04. The molecular formula is C25H29N. The number of nitrogens with zero attached hydrogens (tertiary/aromatic N) is 1. The third-order valence-electron chi connectivity index (χ3n) is 5.78. The van der Waals surface area contributed by atoms with E-state index in [-0.39, 0.29) is 5.41 Å². The van der Waals surface area contributed by atoms with Gasteiger partial charge in [-0.25, -0.2) is 4.98 Å². The van der Waals surface area contributed by atoms with Crippen LogP contribution in [0.25, 0.3) is 22.2 Å². The Balaban J connectivity index is 1.91. The normalized spacial score (nSPS) is 15.7. The molecule has 1 saturated carbocycles. The van der Waals surface area contributed by atoms with Crippen LogP contribution in [0.4, 0.5) is 0 Å². The summed E-state index contributed by atoms with van der Waals surface area (Å²) in [7, 11) is 0. The van der Waals surface area contributed by atoms with Crippen molar-refractivity contribution in [3.8, 4) is 11.3 Å². The summed E-state index contributed by atoms with van der Waals surface area (Å²) in [6, 6.07) is 18.0. The van der Waals surface area contributed by atoms with E-state index in [9.17, 15) is 0 Å². The van der Waals surface area contributed by atoms with Gasteiger partial charge in [0.1, 0.15) is 0 Å². The molecule has 0 radical (unpaired) electrons. The maximum Gasteiger partial charge on any atom is 0.0712 e. The maximum atomic E-state index is 5.04. The summed E-state index contributed by atoms with van der Waals surface area (Å²) in [6.45, 7) is 9.04. The second-order valence-corrected chi connectivity index (χ2v) is 8.93. The van der Waals surface area contributed by atoms with Gasteiger partial charge in [-0.1, -0.05) is 63.4 Å². The number of benzene rings is 2. The van der Waals surface area contributed by atoms with Crippen molar-refractivity contribution >= 4 is 10.9 Å². The van der Waals surface area contributed by atoms with Gasteiger partial charge in [-0.15, -0.1) is 0 Å². The minimum absolute atomic E-state index is 0.145. The number of hydrogen-bond acceptors (Lipinski definition) is 1. The van der Waals surface area contributed by atoms with Crippen molar-refractivity contribution in [1.29, 1.82) is 0 Å². The fourth-order valence-electron chi connectivity index (χ4n) is 4.29. The average Bonchev–Trinajstić information content (AvgIpc) is 3.14. The predicted molar refractivity (Wildman–Crippen MR) is 112 cm³/mol. The van der Waals surface area contributed by atoms with E-state index in [1.54, 1.807) is 0 Å². The lowest BCUT2D eigenvalue weighted by molar-refractivity contribution is 0.590. The molecule has 0 bridgehead atoms. The van der Waals surface area contributed by atoms with Crippen LogP contribution in [0.3, 0.4) is 0 Å². The zero-order valence-corrected chi connectivity index (χ0v) is 16.5. The third-order valence-corrected chi connectivity index (χ3v) is 5.78. The molecule has 2 aromatic carbocycles. The number of aromatic nitrogens is 1. The Hall–Kier alpha value is -2.15. The molecule has 26 heavy (non-hydrogen) atoms. The van der Waals surface area contributed by atoms with Gasteiger partial charge < -0.3 is 0 Å². The number of para-hydroxylation sites is 1. The van der Waals surface area contributed by atoms with Gasteiger partial charge in [-0.2, -0.15) is 0 Å². The van der Waals surface area contributed by atoms with Gasteiger partial charge in [0.25, 0.3) is 0 Å². The smallest absolute Gasteiger partial charge is 0.0712 e. The van der Waals surface area contributed by atoms with Crippen LogP contribution in [0.5, 0.6) is 0 Å². The molecule has 0 unspecified atom stereocenters. The van der Waals surface area contributed by atoms with Crippen LogP contribution in [0.15, 0.2) is 48.5 Å². The molecule has 0 N–H and O–H groups in total. The molecular weight excluding hydrogens is 314 g/mol. The van der Waals surface area contributed by atoms with Crippen LogP contribution < -0.4 is 0 Å². The van der Waals surface area contributed by atoms with Crippen molar-refractivity contribution < 1.29 is 0 Å². The summed E-state index contributed by atoms with van der Waals surface area (Å²) in [5.41, 5.74) is 7.84. The van der Waals surface area contributed by atoms with Crippen LogP contribution in [0, 0.1) is 6.92 Å². The largest absolute Gasteiger partial charge is 0.248 e. The van der Waals surface area contributed by atoms with E-state index in [1.165, 1.54) is 53.3 Å². The highest BCUT2D eigenvalue weighted by Gasteiger charge is 2.21. The summed E-state index contributed by atoms with van der Waals surface area (Å²) >= 11 is 0. The lowest BCUT2D eigenvalue weighted by atomic mass is 9.84. The van der Waals surface area contributed by atoms with Crippen LogP contribution in [-0.4, -0.2) is 4.98 Å². The molecule has 4 rings (SSSR count). The lowest BCUT2D eigenvalue weighted by Crippen LogP contribution is -2.11. The standard InChI is InChI=1S/C25H29N/c1-17-13-19(15-20(14-17)25(2,3)4)24-16-22(18-9-5-6-10-18)21-11-7-8-12-23(21)26-24/h7-8,11-16,18H,5-6,9-10H2,1-4H3. The highest BCUT2D eigenvalue weighted by molar-refractivity contribution is 5.86. The molecule has 0 atom stereocenters. The second kappa shape index (κ2) is 6.54. The summed E-state index contributed by atoms with van der Waals surface area (Å²) in [5.74, 6) is 0.688. The van der Waals surface area contributed by atoms with E-state index < -0.39 is 0 Å². The van der Waals surface area contributed by atoms with Crippen LogP contribution in [-0.2, 0) is 5.41 Å². The quantitative estimate of drug-likeness (QED) is 0.481. The predicted octanol–water partition coefficient (Wildman–Crippen LogP) is 7.17. The molecule has 1 aromatic heterocycles. The highest BCUT2D eigenvalue weighted by atomic mass is 14.7. The van der Waals surface area contributed by atoms with Crippen LogP contribution >= 0.6 is 0 Å². The van der Waals surface area contributed by atoms with E-state index >= 15 is 0 Å². The Labute approximate surface area is 157 Å². The number of aryl methyl sites for hydroxylation is 1. The molecule has 0 amide bonds. The fraction of sp³-hybridized carbons (Fsp3) is 0.400. The molecule has 1 fully saturated rings. The van der Waals surface area contributed by atoms with Gasteiger partial charge in [0, 0.05) is 10.9 Å². The molecule has 0 saturated heterocycles. The SMILES string of the molecule is Cc1cc(-c2cc(C3CCCC3)c3ccccc3n2)cc(C(C)(C)C)c1. The van der Waals surface area contributed by atoms with Crippen molar-refractivity contribution in [2.24, 2.45) is 0 Å². The fourth-order valence-corrected chi connectivity index (χ4v) is 4.29. The molecule has 1 aliphatic carbocycles. The monoisotopic (exact) mass is 343 g/mol. The minimum Gasteiger partial charge on any atom is -0.248 e. The van der Waals surface area contributed by atoms with Gasteiger partial charge in [0.15, 0.2) is 0 Å². The minimum atomic E-state index is 0.145. The summed E-state index contributed by atoms with van der Waals surface area (Å²) < 4.78 is 0. The number of pyridine rings is 1. The zero-order valence-electron chi connectivity index (χ0n) is 16.5. The number of hydrogen-bond donors (Lipinski definition) is 0. The summed E-state index contributed by atoms with van der Waals surface area (Å²) in [6.07, 6.45) is 5.34. The molecule has 1 aliphatic rings. The Bertz CT molecular complexity index is 940. The Morgan fingerprint density at radius 3 is 2.38 bits per heavy atom. The Morgan fingerprint density at radius 1 is 0.923 bits per heavy atom. The van der Waals surface area contributed by atoms with Gasteiger partial charge in [-0.05, 0) is 66.5 Å². The molecule has 1 heterocycles. The van der Waals surface area contributed by atoms with Crippen molar-refractivity contribution in [2.45, 2.75) is 64.7 Å². The number of fused-ring (bicyclic) bond motifs is 1.